The van der Waals surface area contributed by atoms with Crippen LogP contribution in [0.1, 0.15) is 22.3 Å². The van der Waals surface area contributed by atoms with Gasteiger partial charge in [0.1, 0.15) is 19.8 Å². The van der Waals surface area contributed by atoms with E-state index in [2.05, 4.69) is 5.43 Å². The van der Waals surface area contributed by atoms with Crippen molar-refractivity contribution in [1.29, 1.82) is 0 Å². The zero-order chi connectivity index (χ0) is 28.0. The molecule has 0 aromatic heterocycles. The molecule has 0 aliphatic heterocycles. The summed E-state index contributed by atoms with van der Waals surface area (Å²) in [4.78, 5) is 39.6. The van der Waals surface area contributed by atoms with Crippen LogP contribution in [0.15, 0.2) is 121 Å². The molecule has 4 aromatic rings. The summed E-state index contributed by atoms with van der Waals surface area (Å²) in [6, 6.07) is 35.3. The summed E-state index contributed by atoms with van der Waals surface area (Å²) >= 11 is 0. The van der Waals surface area contributed by atoms with Crippen LogP contribution in [0.5, 0.6) is 0 Å². The highest BCUT2D eigenvalue weighted by Gasteiger charge is 2.35. The molecule has 1 atom stereocenters. The second kappa shape index (κ2) is 14.7. The number of nitrogens with one attached hydrogen (secondary N) is 1. The maximum absolute atomic E-state index is 13.4. The van der Waals surface area contributed by atoms with E-state index >= 15 is 0 Å². The van der Waals surface area contributed by atoms with E-state index in [-0.39, 0.29) is 26.2 Å². The van der Waals surface area contributed by atoms with Gasteiger partial charge in [0, 0.05) is 6.42 Å². The van der Waals surface area contributed by atoms with E-state index in [4.69, 9.17) is 14.2 Å². The van der Waals surface area contributed by atoms with Crippen molar-refractivity contribution in [1.82, 2.24) is 10.4 Å². The Labute approximate surface area is 233 Å². The summed E-state index contributed by atoms with van der Waals surface area (Å²) in [6.45, 7) is -0.0915. The molecule has 204 valence electrons. The number of hydrogen-bond acceptors (Lipinski definition) is 6. The molecule has 0 fully saturated rings. The molecule has 8 nitrogen and oxygen atoms in total. The van der Waals surface area contributed by atoms with E-state index in [0.717, 1.165) is 27.3 Å². The monoisotopic (exact) mass is 538 g/mol. The van der Waals surface area contributed by atoms with Crippen molar-refractivity contribution in [3.8, 4) is 0 Å². The molecule has 0 saturated carbocycles. The molecule has 0 saturated heterocycles. The number of nitrogens with zero attached hydrogens (tertiary/aromatic N) is 1. The fraction of sp³-hybridized carbons (Fsp3) is 0.156. The van der Waals surface area contributed by atoms with E-state index in [1.54, 1.807) is 24.3 Å². The highest BCUT2D eigenvalue weighted by Crippen LogP contribution is 2.14. The second-order valence-corrected chi connectivity index (χ2v) is 8.88. The van der Waals surface area contributed by atoms with E-state index in [0.29, 0.717) is 0 Å². The lowest BCUT2D eigenvalue weighted by molar-refractivity contribution is -0.151. The third kappa shape index (κ3) is 8.73. The Morgan fingerprint density at radius 2 is 0.950 bits per heavy atom. The van der Waals surface area contributed by atoms with Gasteiger partial charge >= 0.3 is 18.2 Å². The summed E-state index contributed by atoms with van der Waals surface area (Å²) in [7, 11) is 0. The van der Waals surface area contributed by atoms with Crippen molar-refractivity contribution in [2.45, 2.75) is 32.3 Å². The van der Waals surface area contributed by atoms with Gasteiger partial charge in [0.05, 0.1) is 0 Å². The number of hydrogen-bond donors (Lipinski definition) is 1. The van der Waals surface area contributed by atoms with Gasteiger partial charge in [0.2, 0.25) is 0 Å². The first-order chi connectivity index (χ1) is 19.6. The predicted octanol–water partition coefficient (Wildman–Crippen LogP) is 5.82. The largest absolute Gasteiger partial charge is 0.459 e. The lowest BCUT2D eigenvalue weighted by atomic mass is 10.1. The Kier molecular flexibility index (Phi) is 10.3. The Balaban J connectivity index is 1.54. The Morgan fingerprint density at radius 1 is 0.550 bits per heavy atom. The molecule has 0 aliphatic rings. The van der Waals surface area contributed by atoms with Crippen molar-refractivity contribution in [3.63, 3.8) is 0 Å². The first-order valence-electron chi connectivity index (χ1n) is 12.8. The van der Waals surface area contributed by atoms with Crippen molar-refractivity contribution in [2.75, 3.05) is 0 Å². The third-order valence-corrected chi connectivity index (χ3v) is 5.91. The molecule has 0 unspecified atom stereocenters. The lowest BCUT2D eigenvalue weighted by Gasteiger charge is -2.29. The van der Waals surface area contributed by atoms with Gasteiger partial charge in [-0.1, -0.05) is 121 Å². The highest BCUT2D eigenvalue weighted by atomic mass is 16.6. The maximum atomic E-state index is 13.4. The number of benzene rings is 4. The molecule has 8 heteroatoms. The van der Waals surface area contributed by atoms with E-state index in [1.165, 1.54) is 0 Å². The Hall–Kier alpha value is -5.11. The van der Waals surface area contributed by atoms with Gasteiger partial charge in [-0.25, -0.2) is 24.8 Å². The molecule has 4 rings (SSSR count). The van der Waals surface area contributed by atoms with Crippen LogP contribution in [-0.4, -0.2) is 29.2 Å². The lowest BCUT2D eigenvalue weighted by Crippen LogP contribution is -2.56. The number of ether oxygens (including phenoxy) is 3. The minimum absolute atomic E-state index is 0.00365. The number of carbonyl (C=O) groups is 3. The topological polar surface area (TPSA) is 94.2 Å². The summed E-state index contributed by atoms with van der Waals surface area (Å²) < 4.78 is 16.4. The van der Waals surface area contributed by atoms with Crippen LogP contribution in [0, 0.1) is 0 Å². The first-order valence-corrected chi connectivity index (χ1v) is 12.8. The molecule has 0 spiro atoms. The number of esters is 1. The highest BCUT2D eigenvalue weighted by molar-refractivity contribution is 5.83. The maximum Gasteiger partial charge on any atom is 0.429 e. The van der Waals surface area contributed by atoms with Gasteiger partial charge < -0.3 is 14.2 Å². The van der Waals surface area contributed by atoms with Crippen LogP contribution in [-0.2, 0) is 45.2 Å². The molecule has 0 radical (unpaired) electrons. The molecular formula is C32H30N2O6. The van der Waals surface area contributed by atoms with Gasteiger partial charge in [-0.2, -0.15) is 0 Å². The molecule has 1 N–H and O–H groups in total. The first kappa shape index (κ1) is 27.9. The van der Waals surface area contributed by atoms with Gasteiger partial charge in [-0.3, -0.25) is 0 Å². The van der Waals surface area contributed by atoms with Crippen LogP contribution in [0.3, 0.4) is 0 Å². The average molecular weight is 539 g/mol. The Morgan fingerprint density at radius 3 is 1.43 bits per heavy atom. The minimum Gasteiger partial charge on any atom is -0.459 e. The molecule has 2 amide bonds. The molecule has 40 heavy (non-hydrogen) atoms. The summed E-state index contributed by atoms with van der Waals surface area (Å²) in [6.07, 6.45) is -1.79. The van der Waals surface area contributed by atoms with Crippen LogP contribution in [0.25, 0.3) is 0 Å². The predicted molar refractivity (Wildman–Crippen MR) is 148 cm³/mol. The normalized spacial score (nSPS) is 11.1. The van der Waals surface area contributed by atoms with Crippen molar-refractivity contribution in [3.05, 3.63) is 144 Å². The van der Waals surface area contributed by atoms with Gasteiger partial charge in [0.25, 0.3) is 0 Å². The third-order valence-electron chi connectivity index (χ3n) is 5.91. The van der Waals surface area contributed by atoms with Crippen LogP contribution >= 0.6 is 0 Å². The average Bonchev–Trinajstić information content (AvgIpc) is 3.01. The molecular weight excluding hydrogens is 508 g/mol. The smallest absolute Gasteiger partial charge is 0.429 e. The minimum atomic E-state index is -1.24. The van der Waals surface area contributed by atoms with Gasteiger partial charge in [-0.15, -0.1) is 0 Å². The molecule has 0 heterocycles. The SMILES string of the molecule is O=C(NN(C(=O)OCc1ccccc1)[C@@H](Cc1ccccc1)C(=O)OCc1ccccc1)OCc1ccccc1. The van der Waals surface area contributed by atoms with Crippen molar-refractivity contribution >= 4 is 18.2 Å². The van der Waals surface area contributed by atoms with Crippen LogP contribution in [0.4, 0.5) is 9.59 Å². The summed E-state index contributed by atoms with van der Waals surface area (Å²) in [5, 5.41) is 0.844. The fourth-order valence-corrected chi connectivity index (χ4v) is 3.84. The molecule has 0 bridgehead atoms. The quantitative estimate of drug-likeness (QED) is 0.155. The number of amides is 2. The summed E-state index contributed by atoms with van der Waals surface area (Å²) in [5.74, 6) is -0.715. The van der Waals surface area contributed by atoms with E-state index in [1.807, 2.05) is 97.1 Å². The zero-order valence-corrected chi connectivity index (χ0v) is 21.8. The number of hydrazine groups is 1. The van der Waals surface area contributed by atoms with Gasteiger partial charge in [-0.05, 0) is 22.3 Å². The van der Waals surface area contributed by atoms with Crippen molar-refractivity contribution in [2.24, 2.45) is 0 Å². The van der Waals surface area contributed by atoms with Crippen LogP contribution < -0.4 is 5.43 Å². The number of carbonyl (C=O) groups excluding carboxylic acids is 3. The summed E-state index contributed by atoms with van der Waals surface area (Å²) in [5.41, 5.74) is 5.46. The second-order valence-electron chi connectivity index (χ2n) is 8.88. The van der Waals surface area contributed by atoms with Crippen molar-refractivity contribution < 1.29 is 28.6 Å². The van der Waals surface area contributed by atoms with Gasteiger partial charge in [0.15, 0.2) is 6.04 Å². The van der Waals surface area contributed by atoms with Crippen LogP contribution in [0.2, 0.25) is 0 Å². The fourth-order valence-electron chi connectivity index (χ4n) is 3.84. The van der Waals surface area contributed by atoms with E-state index < -0.39 is 24.2 Å². The molecule has 4 aromatic carbocycles. The molecule has 0 aliphatic carbocycles. The Bertz CT molecular complexity index is 1350. The zero-order valence-electron chi connectivity index (χ0n) is 21.8. The van der Waals surface area contributed by atoms with E-state index in [9.17, 15) is 14.4 Å². The standard InChI is InChI=1S/C32H30N2O6/c35-30(38-22-26-15-7-2-8-16-26)29(21-25-13-5-1-6-14-25)34(32(37)40-24-28-19-11-4-12-20-28)33-31(36)39-23-27-17-9-3-10-18-27/h1-20,29H,21-24H2,(H,33,36)/t29-/m0/s1. The number of rotatable bonds is 10.